The molecule has 158 valence electrons. The van der Waals surface area contributed by atoms with Crippen LogP contribution in [0.1, 0.15) is 24.0 Å². The highest BCUT2D eigenvalue weighted by Gasteiger charge is 2.39. The molecule has 31 heavy (non-hydrogen) atoms. The number of nitrogens with zero attached hydrogens (tertiary/aromatic N) is 1. The summed E-state index contributed by atoms with van der Waals surface area (Å²) in [4.78, 5) is 36.4. The van der Waals surface area contributed by atoms with Crippen molar-refractivity contribution in [3.8, 4) is 5.75 Å². The van der Waals surface area contributed by atoms with Gasteiger partial charge < -0.3 is 15.2 Å². The first kappa shape index (κ1) is 20.8. The maximum Gasteiger partial charge on any atom is 0.340 e. The molecule has 10 heteroatoms. The van der Waals surface area contributed by atoms with E-state index in [2.05, 4.69) is 0 Å². The lowest BCUT2D eigenvalue weighted by Gasteiger charge is -2.28. The molecule has 1 aromatic heterocycles. The molecule has 0 saturated heterocycles. The van der Waals surface area contributed by atoms with Gasteiger partial charge in [-0.3, -0.25) is 14.9 Å². The molecule has 3 aromatic rings. The van der Waals surface area contributed by atoms with Crippen molar-refractivity contribution in [2.24, 2.45) is 5.73 Å². The first-order valence-corrected chi connectivity index (χ1v) is 10.4. The number of halogens is 1. The monoisotopic (exact) mass is 458 g/mol. The molecule has 8 nitrogen and oxygen atoms in total. The van der Waals surface area contributed by atoms with Crippen LogP contribution in [0.15, 0.2) is 58.7 Å². The number of benzene rings is 2. The van der Waals surface area contributed by atoms with Crippen LogP contribution >= 0.6 is 22.9 Å². The number of nitro benzene ring substituents is 1. The Morgan fingerprint density at radius 2 is 2.06 bits per heavy atom. The standard InChI is InChI=1S/C21H15ClN2O6S/c1-2-29-20(25)17-15(10-7-8-13(24(27)28)12(22)9-10)16-18(30-19(17)23)11-5-3-4-6-14(11)31-21(16)26/h3-9,15H,2,23H2,1H3/t15-/m1/s1. The molecule has 2 aromatic carbocycles. The van der Waals surface area contributed by atoms with E-state index in [0.29, 0.717) is 15.6 Å². The number of nitro groups is 1. The normalized spacial score (nSPS) is 15.4. The van der Waals surface area contributed by atoms with Crippen molar-refractivity contribution in [2.45, 2.75) is 12.8 Å². The predicted octanol–water partition coefficient (Wildman–Crippen LogP) is 4.08. The minimum absolute atomic E-state index is 0.0566. The van der Waals surface area contributed by atoms with E-state index < -0.39 is 16.8 Å². The zero-order valence-corrected chi connectivity index (χ0v) is 17.7. The summed E-state index contributed by atoms with van der Waals surface area (Å²) in [6.07, 6.45) is 0. The van der Waals surface area contributed by atoms with E-state index in [0.717, 1.165) is 11.3 Å². The van der Waals surface area contributed by atoms with Crippen LogP contribution in [0.25, 0.3) is 10.1 Å². The van der Waals surface area contributed by atoms with Crippen LogP contribution in [0.3, 0.4) is 0 Å². The molecule has 0 spiro atoms. The fraction of sp³-hybridized carbons (Fsp3) is 0.143. The van der Waals surface area contributed by atoms with Crippen LogP contribution in [-0.2, 0) is 9.53 Å². The lowest BCUT2D eigenvalue weighted by Crippen LogP contribution is -2.30. The fourth-order valence-electron chi connectivity index (χ4n) is 3.56. The van der Waals surface area contributed by atoms with Gasteiger partial charge in [0.2, 0.25) is 10.6 Å². The van der Waals surface area contributed by atoms with Crippen LogP contribution in [0.2, 0.25) is 5.02 Å². The molecule has 2 heterocycles. The minimum Gasteiger partial charge on any atom is -0.462 e. The van der Waals surface area contributed by atoms with Crippen molar-refractivity contribution in [1.82, 2.24) is 0 Å². The van der Waals surface area contributed by atoms with Crippen molar-refractivity contribution >= 4 is 44.7 Å². The second-order valence-electron chi connectivity index (χ2n) is 6.63. The van der Waals surface area contributed by atoms with Crippen LogP contribution in [-0.4, -0.2) is 17.5 Å². The average molecular weight is 459 g/mol. The first-order valence-electron chi connectivity index (χ1n) is 9.17. The van der Waals surface area contributed by atoms with Gasteiger partial charge in [-0.15, -0.1) is 0 Å². The Morgan fingerprint density at radius 3 is 2.74 bits per heavy atom. The number of fused-ring (bicyclic) bond motifs is 3. The third-order valence-electron chi connectivity index (χ3n) is 4.85. The minimum atomic E-state index is -0.963. The summed E-state index contributed by atoms with van der Waals surface area (Å²) in [6.45, 7) is 1.72. The fourth-order valence-corrected chi connectivity index (χ4v) is 4.75. The van der Waals surface area contributed by atoms with Gasteiger partial charge in [0, 0.05) is 16.2 Å². The molecule has 0 fully saturated rings. The van der Waals surface area contributed by atoms with Crippen LogP contribution in [0.4, 0.5) is 5.69 Å². The number of rotatable bonds is 4. The number of nitrogens with two attached hydrogens (primary N) is 1. The van der Waals surface area contributed by atoms with E-state index in [1.54, 1.807) is 31.2 Å². The van der Waals surface area contributed by atoms with E-state index in [4.69, 9.17) is 26.8 Å². The summed E-state index contributed by atoms with van der Waals surface area (Å²) >= 11 is 7.12. The van der Waals surface area contributed by atoms with E-state index in [1.165, 1.54) is 18.2 Å². The van der Waals surface area contributed by atoms with E-state index in [-0.39, 0.29) is 44.8 Å². The highest BCUT2D eigenvalue weighted by molar-refractivity contribution is 7.16. The van der Waals surface area contributed by atoms with E-state index in [9.17, 15) is 19.7 Å². The zero-order valence-electron chi connectivity index (χ0n) is 16.1. The highest BCUT2D eigenvalue weighted by Crippen LogP contribution is 2.45. The summed E-state index contributed by atoms with van der Waals surface area (Å²) in [6, 6.07) is 11.2. The van der Waals surface area contributed by atoms with Crippen molar-refractivity contribution in [3.05, 3.63) is 89.7 Å². The Labute approximate surface area is 184 Å². The molecule has 2 N–H and O–H groups in total. The Balaban J connectivity index is 2.03. The molecule has 4 rings (SSSR count). The maximum atomic E-state index is 13.1. The van der Waals surface area contributed by atoms with Crippen molar-refractivity contribution < 1.29 is 19.2 Å². The molecule has 1 aliphatic rings. The van der Waals surface area contributed by atoms with Gasteiger partial charge in [-0.25, -0.2) is 4.79 Å². The highest BCUT2D eigenvalue weighted by atomic mass is 35.5. The molecule has 0 unspecified atom stereocenters. The van der Waals surface area contributed by atoms with Gasteiger partial charge in [-0.05, 0) is 30.7 Å². The molecule has 0 bridgehead atoms. The van der Waals surface area contributed by atoms with Crippen LogP contribution in [0.5, 0.6) is 5.75 Å². The summed E-state index contributed by atoms with van der Waals surface area (Å²) in [5.74, 6) is -1.67. The predicted molar refractivity (Wildman–Crippen MR) is 117 cm³/mol. The maximum absolute atomic E-state index is 13.1. The Morgan fingerprint density at radius 1 is 1.32 bits per heavy atom. The Kier molecular flexibility index (Phi) is 5.38. The van der Waals surface area contributed by atoms with Gasteiger partial charge >= 0.3 is 5.97 Å². The molecule has 0 amide bonds. The van der Waals surface area contributed by atoms with Gasteiger partial charge in [0.05, 0.1) is 23.0 Å². The molecule has 0 radical (unpaired) electrons. The average Bonchev–Trinajstić information content (AvgIpc) is 2.72. The molecular weight excluding hydrogens is 444 g/mol. The van der Waals surface area contributed by atoms with E-state index in [1.807, 2.05) is 0 Å². The van der Waals surface area contributed by atoms with Crippen LogP contribution < -0.4 is 15.2 Å². The molecule has 0 saturated carbocycles. The summed E-state index contributed by atoms with van der Waals surface area (Å²) in [5, 5.41) is 11.7. The molecular formula is C21H15ClN2O6S. The lowest BCUT2D eigenvalue weighted by atomic mass is 9.83. The smallest absolute Gasteiger partial charge is 0.340 e. The van der Waals surface area contributed by atoms with Gasteiger partial charge in [0.15, 0.2) is 0 Å². The number of hydrogen-bond acceptors (Lipinski definition) is 8. The zero-order chi connectivity index (χ0) is 22.3. The van der Waals surface area contributed by atoms with Crippen molar-refractivity contribution in [2.75, 3.05) is 6.61 Å². The van der Waals surface area contributed by atoms with Crippen molar-refractivity contribution in [1.29, 1.82) is 0 Å². The Bertz CT molecular complexity index is 1330. The second-order valence-corrected chi connectivity index (χ2v) is 8.05. The van der Waals surface area contributed by atoms with E-state index >= 15 is 0 Å². The largest absolute Gasteiger partial charge is 0.462 e. The summed E-state index contributed by atoms with van der Waals surface area (Å²) in [7, 11) is 0. The quantitative estimate of drug-likeness (QED) is 0.355. The lowest BCUT2D eigenvalue weighted by molar-refractivity contribution is -0.384. The molecule has 0 aliphatic carbocycles. The van der Waals surface area contributed by atoms with Crippen LogP contribution in [0, 0.1) is 10.1 Å². The van der Waals surface area contributed by atoms with Crippen molar-refractivity contribution in [3.63, 3.8) is 0 Å². The SMILES string of the molecule is CCOC(=O)C1=C(N)Oc2c(c(=O)sc3ccccc23)[C@H]1c1ccc([N+](=O)[O-])c(Cl)c1. The first-order chi connectivity index (χ1) is 14.8. The van der Waals surface area contributed by atoms with Gasteiger partial charge in [0.1, 0.15) is 16.3 Å². The summed E-state index contributed by atoms with van der Waals surface area (Å²) in [5.41, 5.74) is 6.35. The topological polar surface area (TPSA) is 122 Å². The third kappa shape index (κ3) is 3.51. The Hall–Kier alpha value is -3.43. The van der Waals surface area contributed by atoms with Gasteiger partial charge in [0.25, 0.3) is 5.69 Å². The number of ether oxygens (including phenoxy) is 2. The number of esters is 1. The summed E-state index contributed by atoms with van der Waals surface area (Å²) < 4.78 is 11.3. The third-order valence-corrected chi connectivity index (χ3v) is 6.13. The second kappa shape index (κ2) is 8.01. The van der Waals surface area contributed by atoms with Gasteiger partial charge in [-0.1, -0.05) is 41.1 Å². The number of carbonyl (C=O) groups excluding carboxylic acids is 1. The molecule has 1 atom stereocenters. The number of hydrogen-bond donors (Lipinski definition) is 1. The molecule has 1 aliphatic heterocycles. The number of carbonyl (C=O) groups is 1. The van der Waals surface area contributed by atoms with Gasteiger partial charge in [-0.2, -0.15) is 0 Å².